The van der Waals surface area contributed by atoms with Crippen LogP contribution in [0.2, 0.25) is 0 Å². The fourth-order valence-electron chi connectivity index (χ4n) is 2.37. The maximum Gasteiger partial charge on any atom is 0.239 e. The zero-order chi connectivity index (χ0) is 17.0. The molecule has 0 unspecified atom stereocenters. The minimum atomic E-state index is -1.23. The summed E-state index contributed by atoms with van der Waals surface area (Å²) in [5.41, 5.74) is -0.0577. The van der Waals surface area contributed by atoms with Gasteiger partial charge in [0.25, 0.3) is 0 Å². The summed E-state index contributed by atoms with van der Waals surface area (Å²) in [7, 11) is 0. The van der Waals surface area contributed by atoms with Crippen LogP contribution in [-0.4, -0.2) is 24.1 Å². The molecular formula is C17H21FN2O3. The van der Waals surface area contributed by atoms with Gasteiger partial charge in [0.15, 0.2) is 0 Å². The van der Waals surface area contributed by atoms with Crippen LogP contribution in [0, 0.1) is 19.7 Å². The third-order valence-electron chi connectivity index (χ3n) is 3.53. The number of furan rings is 1. The Morgan fingerprint density at radius 3 is 2.70 bits per heavy atom. The second kappa shape index (κ2) is 6.83. The monoisotopic (exact) mass is 320 g/mol. The van der Waals surface area contributed by atoms with Gasteiger partial charge in [0, 0.05) is 11.3 Å². The minimum absolute atomic E-state index is 0.0110. The van der Waals surface area contributed by atoms with E-state index in [1.807, 2.05) is 0 Å². The first kappa shape index (κ1) is 17.0. The van der Waals surface area contributed by atoms with E-state index in [2.05, 4.69) is 10.6 Å². The van der Waals surface area contributed by atoms with Gasteiger partial charge in [-0.05, 0) is 45.0 Å². The molecule has 0 saturated heterocycles. The number of amides is 1. The first-order valence-electron chi connectivity index (χ1n) is 7.34. The molecule has 1 aromatic carbocycles. The van der Waals surface area contributed by atoms with Crippen molar-refractivity contribution in [3.8, 4) is 0 Å². The molecule has 1 atom stereocenters. The van der Waals surface area contributed by atoms with Gasteiger partial charge in [-0.3, -0.25) is 4.79 Å². The molecule has 0 spiro atoms. The highest BCUT2D eigenvalue weighted by Crippen LogP contribution is 2.26. The normalized spacial score (nSPS) is 13.4. The number of benzene rings is 1. The Morgan fingerprint density at radius 1 is 1.35 bits per heavy atom. The van der Waals surface area contributed by atoms with E-state index in [1.54, 1.807) is 39.0 Å². The number of hydrogen-bond acceptors (Lipinski definition) is 4. The molecule has 0 saturated carbocycles. The fourth-order valence-corrected chi connectivity index (χ4v) is 2.37. The van der Waals surface area contributed by atoms with Crippen LogP contribution in [0.1, 0.15) is 24.0 Å². The molecule has 0 aliphatic heterocycles. The lowest BCUT2D eigenvalue weighted by atomic mass is 9.96. The number of rotatable bonds is 6. The van der Waals surface area contributed by atoms with E-state index in [0.717, 1.165) is 0 Å². The largest absolute Gasteiger partial charge is 0.466 e. The van der Waals surface area contributed by atoms with E-state index in [4.69, 9.17) is 4.42 Å². The number of carbonyl (C=O) groups excluding carboxylic acids is 1. The van der Waals surface area contributed by atoms with Crippen molar-refractivity contribution in [3.05, 3.63) is 53.2 Å². The molecule has 0 fully saturated rings. The van der Waals surface area contributed by atoms with Crippen molar-refractivity contribution in [1.82, 2.24) is 5.32 Å². The topological polar surface area (TPSA) is 74.5 Å². The lowest BCUT2D eigenvalue weighted by molar-refractivity contribution is -0.120. The summed E-state index contributed by atoms with van der Waals surface area (Å²) < 4.78 is 18.4. The average molecular weight is 320 g/mol. The maximum absolute atomic E-state index is 13.0. The van der Waals surface area contributed by atoms with Crippen LogP contribution in [0.3, 0.4) is 0 Å². The fraction of sp³-hybridized carbons (Fsp3) is 0.353. The highest BCUT2D eigenvalue weighted by Gasteiger charge is 2.28. The van der Waals surface area contributed by atoms with Crippen molar-refractivity contribution in [2.24, 2.45) is 0 Å². The number of aliphatic hydroxyl groups is 1. The van der Waals surface area contributed by atoms with Crippen LogP contribution < -0.4 is 10.6 Å². The number of halogens is 1. The molecule has 23 heavy (non-hydrogen) atoms. The van der Waals surface area contributed by atoms with Crippen molar-refractivity contribution in [1.29, 1.82) is 0 Å². The van der Waals surface area contributed by atoms with E-state index < -0.39 is 5.60 Å². The summed E-state index contributed by atoms with van der Waals surface area (Å²) in [6.07, 6.45) is 0. The van der Waals surface area contributed by atoms with Crippen LogP contribution in [0.4, 0.5) is 10.1 Å². The highest BCUT2D eigenvalue weighted by molar-refractivity contribution is 5.80. The Balaban J connectivity index is 1.87. The molecule has 6 heteroatoms. The van der Waals surface area contributed by atoms with Crippen LogP contribution in [0.25, 0.3) is 0 Å². The smallest absolute Gasteiger partial charge is 0.239 e. The predicted octanol–water partition coefficient (Wildman–Crippen LogP) is 2.47. The number of hydrogen-bond donors (Lipinski definition) is 3. The molecule has 1 heterocycles. The van der Waals surface area contributed by atoms with Crippen LogP contribution in [-0.2, 0) is 10.4 Å². The molecule has 0 aliphatic rings. The molecule has 2 rings (SSSR count). The zero-order valence-corrected chi connectivity index (χ0v) is 13.4. The molecule has 124 valence electrons. The summed E-state index contributed by atoms with van der Waals surface area (Å²) in [5, 5.41) is 16.0. The average Bonchev–Trinajstić information content (AvgIpc) is 2.83. The Kier molecular flexibility index (Phi) is 5.05. The van der Waals surface area contributed by atoms with E-state index in [0.29, 0.717) is 22.8 Å². The molecule has 3 N–H and O–H groups in total. The third-order valence-corrected chi connectivity index (χ3v) is 3.53. The molecule has 0 bridgehead atoms. The quantitative estimate of drug-likeness (QED) is 0.764. The van der Waals surface area contributed by atoms with Gasteiger partial charge in [0.2, 0.25) is 5.91 Å². The second-order valence-corrected chi connectivity index (χ2v) is 5.74. The Morgan fingerprint density at radius 2 is 2.09 bits per heavy atom. The van der Waals surface area contributed by atoms with Gasteiger partial charge >= 0.3 is 0 Å². The van der Waals surface area contributed by atoms with E-state index in [1.165, 1.54) is 12.1 Å². The third kappa shape index (κ3) is 4.56. The highest BCUT2D eigenvalue weighted by atomic mass is 19.1. The van der Waals surface area contributed by atoms with Gasteiger partial charge in [-0.1, -0.05) is 6.07 Å². The van der Waals surface area contributed by atoms with Gasteiger partial charge in [0.05, 0.1) is 13.1 Å². The van der Waals surface area contributed by atoms with Gasteiger partial charge in [0.1, 0.15) is 22.9 Å². The predicted molar refractivity (Wildman–Crippen MR) is 85.7 cm³/mol. The van der Waals surface area contributed by atoms with E-state index in [-0.39, 0.29) is 24.8 Å². The molecule has 2 aromatic rings. The van der Waals surface area contributed by atoms with E-state index in [9.17, 15) is 14.3 Å². The first-order valence-corrected chi connectivity index (χ1v) is 7.34. The zero-order valence-electron chi connectivity index (χ0n) is 13.4. The maximum atomic E-state index is 13.0. The van der Waals surface area contributed by atoms with Gasteiger partial charge in [-0.2, -0.15) is 0 Å². The summed E-state index contributed by atoms with van der Waals surface area (Å²) in [4.78, 5) is 11.9. The van der Waals surface area contributed by atoms with Crippen LogP contribution in [0.15, 0.2) is 34.7 Å². The molecule has 1 aromatic heterocycles. The van der Waals surface area contributed by atoms with Gasteiger partial charge in [-0.25, -0.2) is 4.39 Å². The molecule has 0 radical (unpaired) electrons. The minimum Gasteiger partial charge on any atom is -0.466 e. The lowest BCUT2D eigenvalue weighted by Crippen LogP contribution is -2.41. The summed E-state index contributed by atoms with van der Waals surface area (Å²) in [5.74, 6) is 0.660. The lowest BCUT2D eigenvalue weighted by Gasteiger charge is -2.23. The number of carbonyl (C=O) groups is 1. The summed E-state index contributed by atoms with van der Waals surface area (Å²) in [6, 6.07) is 7.62. The van der Waals surface area contributed by atoms with Crippen LogP contribution >= 0.6 is 0 Å². The molecule has 1 amide bonds. The molecule has 5 nitrogen and oxygen atoms in total. The Labute approximate surface area is 134 Å². The Hall–Kier alpha value is -2.34. The summed E-state index contributed by atoms with van der Waals surface area (Å²) >= 11 is 0. The Bertz CT molecular complexity index is 695. The second-order valence-electron chi connectivity index (χ2n) is 5.74. The number of anilines is 1. The first-order chi connectivity index (χ1) is 10.8. The van der Waals surface area contributed by atoms with Crippen molar-refractivity contribution < 1.29 is 18.7 Å². The van der Waals surface area contributed by atoms with E-state index >= 15 is 0 Å². The van der Waals surface area contributed by atoms with Crippen LogP contribution in [0.5, 0.6) is 0 Å². The van der Waals surface area contributed by atoms with Crippen molar-refractivity contribution in [3.63, 3.8) is 0 Å². The van der Waals surface area contributed by atoms with Crippen molar-refractivity contribution >= 4 is 11.6 Å². The SMILES string of the molecule is Cc1cc([C@](C)(O)CNC(=O)CNc2cccc(F)c2)c(C)o1. The van der Waals surface area contributed by atoms with Gasteiger partial charge in [-0.15, -0.1) is 0 Å². The molecular weight excluding hydrogens is 299 g/mol. The summed E-state index contributed by atoms with van der Waals surface area (Å²) in [6.45, 7) is 5.22. The molecule has 0 aliphatic carbocycles. The number of aryl methyl sites for hydroxylation is 2. The van der Waals surface area contributed by atoms with Gasteiger partial charge < -0.3 is 20.2 Å². The van der Waals surface area contributed by atoms with Crippen molar-refractivity contribution in [2.45, 2.75) is 26.4 Å². The van der Waals surface area contributed by atoms with Crippen molar-refractivity contribution in [2.75, 3.05) is 18.4 Å². The number of nitrogens with one attached hydrogen (secondary N) is 2. The standard InChI is InChI=1S/C17H21FN2O3/c1-11-7-15(12(2)23-11)17(3,22)10-20-16(21)9-19-14-6-4-5-13(18)8-14/h4-8,19,22H,9-10H2,1-3H3,(H,20,21)/t17-/m1/s1.